The molecule has 2 aromatic rings. The third-order valence-corrected chi connectivity index (χ3v) is 11.1. The molecule has 0 aromatic heterocycles. The van der Waals surface area contributed by atoms with Crippen molar-refractivity contribution in [2.45, 2.75) is 76.7 Å². The van der Waals surface area contributed by atoms with Crippen molar-refractivity contribution in [3.8, 4) is 0 Å². The Labute approximate surface area is 172 Å². The maximum atomic E-state index is 12.5. The van der Waals surface area contributed by atoms with Crippen molar-refractivity contribution in [1.29, 1.82) is 0 Å². The van der Waals surface area contributed by atoms with Gasteiger partial charge in [0.05, 0.1) is 8.07 Å². The van der Waals surface area contributed by atoms with E-state index in [4.69, 9.17) is 0 Å². The SMILES string of the molecule is CC(=O)N(C(C)C)C1C[C@H](c2ccccc2)C[C@@H]([Si](C)(C)c2ccccc2)C1. The van der Waals surface area contributed by atoms with Gasteiger partial charge >= 0.3 is 0 Å². The van der Waals surface area contributed by atoms with Gasteiger partial charge in [-0.05, 0) is 50.1 Å². The van der Waals surface area contributed by atoms with Crippen LogP contribution in [0.3, 0.4) is 0 Å². The molecular formula is C25H35NOSi. The maximum Gasteiger partial charge on any atom is 0.219 e. The third kappa shape index (κ3) is 4.40. The lowest BCUT2D eigenvalue weighted by Gasteiger charge is -2.47. The van der Waals surface area contributed by atoms with E-state index in [1.54, 1.807) is 6.92 Å². The smallest absolute Gasteiger partial charge is 0.219 e. The fraction of sp³-hybridized carbons (Fsp3) is 0.480. The highest BCUT2D eigenvalue weighted by atomic mass is 28.3. The van der Waals surface area contributed by atoms with Crippen molar-refractivity contribution in [2.75, 3.05) is 0 Å². The molecule has 0 spiro atoms. The first-order chi connectivity index (χ1) is 13.3. The minimum absolute atomic E-state index is 0.214. The summed E-state index contributed by atoms with van der Waals surface area (Å²) in [5.74, 6) is 0.743. The summed E-state index contributed by atoms with van der Waals surface area (Å²) in [5.41, 5.74) is 2.10. The zero-order valence-corrected chi connectivity index (χ0v) is 19.1. The van der Waals surface area contributed by atoms with Crippen LogP contribution in [0.2, 0.25) is 18.6 Å². The van der Waals surface area contributed by atoms with Gasteiger partial charge in [-0.3, -0.25) is 4.79 Å². The number of hydrogen-bond acceptors (Lipinski definition) is 1. The van der Waals surface area contributed by atoms with E-state index in [0.29, 0.717) is 17.5 Å². The Morgan fingerprint density at radius 3 is 2.04 bits per heavy atom. The molecule has 3 heteroatoms. The minimum atomic E-state index is -1.65. The summed E-state index contributed by atoms with van der Waals surface area (Å²) < 4.78 is 0. The molecule has 0 bridgehead atoms. The standard InChI is InChI=1S/C25H35NOSi/c1-19(2)26(20(3)27)23-16-22(21-12-8-6-9-13-21)17-25(18-23)28(4,5)24-14-10-7-11-15-24/h6-15,19,22-23,25H,16-18H2,1-5H3/t22-,23?,25+/m0/s1. The molecule has 1 aliphatic rings. The molecule has 1 fully saturated rings. The number of benzene rings is 2. The molecule has 0 aliphatic heterocycles. The Bertz CT molecular complexity index is 772. The van der Waals surface area contributed by atoms with Crippen molar-refractivity contribution >= 4 is 19.2 Å². The molecule has 0 N–H and O–H groups in total. The first-order valence-corrected chi connectivity index (χ1v) is 13.8. The first-order valence-electron chi connectivity index (χ1n) is 10.7. The van der Waals surface area contributed by atoms with Gasteiger partial charge in [-0.2, -0.15) is 0 Å². The van der Waals surface area contributed by atoms with Crippen LogP contribution < -0.4 is 5.19 Å². The lowest BCUT2D eigenvalue weighted by atomic mass is 9.80. The Morgan fingerprint density at radius 1 is 0.929 bits per heavy atom. The summed E-state index contributed by atoms with van der Waals surface area (Å²) in [7, 11) is -1.65. The first kappa shape index (κ1) is 20.9. The van der Waals surface area contributed by atoms with Crippen molar-refractivity contribution in [1.82, 2.24) is 4.90 Å². The second-order valence-corrected chi connectivity index (χ2v) is 14.1. The van der Waals surface area contributed by atoms with E-state index in [-0.39, 0.29) is 11.9 Å². The van der Waals surface area contributed by atoms with Gasteiger partial charge in [0, 0.05) is 19.0 Å². The highest BCUT2D eigenvalue weighted by Gasteiger charge is 2.42. The Balaban J connectivity index is 1.96. The van der Waals surface area contributed by atoms with E-state index >= 15 is 0 Å². The number of rotatable bonds is 5. The number of amides is 1. The molecule has 3 rings (SSSR count). The predicted molar refractivity (Wildman–Crippen MR) is 122 cm³/mol. The summed E-state index contributed by atoms with van der Waals surface area (Å²) >= 11 is 0. The summed E-state index contributed by atoms with van der Waals surface area (Å²) in [6.07, 6.45) is 3.45. The van der Waals surface area contributed by atoms with Crippen LogP contribution in [0.4, 0.5) is 0 Å². The van der Waals surface area contributed by atoms with Crippen LogP contribution in [0.5, 0.6) is 0 Å². The lowest BCUT2D eigenvalue weighted by molar-refractivity contribution is -0.133. The zero-order chi connectivity index (χ0) is 20.3. The quantitative estimate of drug-likeness (QED) is 0.609. The van der Waals surface area contributed by atoms with Gasteiger partial charge in [0.15, 0.2) is 0 Å². The molecule has 0 heterocycles. The second-order valence-electron chi connectivity index (χ2n) is 9.27. The van der Waals surface area contributed by atoms with Crippen LogP contribution in [0.25, 0.3) is 0 Å². The van der Waals surface area contributed by atoms with Gasteiger partial charge < -0.3 is 4.90 Å². The monoisotopic (exact) mass is 393 g/mol. The average molecular weight is 394 g/mol. The van der Waals surface area contributed by atoms with Crippen molar-refractivity contribution in [3.63, 3.8) is 0 Å². The topological polar surface area (TPSA) is 20.3 Å². The average Bonchev–Trinajstić information content (AvgIpc) is 2.68. The fourth-order valence-corrected chi connectivity index (χ4v) is 8.51. The summed E-state index contributed by atoms with van der Waals surface area (Å²) in [5, 5.41) is 1.53. The molecule has 3 atom stereocenters. The van der Waals surface area contributed by atoms with Crippen molar-refractivity contribution < 1.29 is 4.79 Å². The van der Waals surface area contributed by atoms with E-state index in [9.17, 15) is 4.79 Å². The largest absolute Gasteiger partial charge is 0.338 e. The summed E-state index contributed by atoms with van der Waals surface area (Å²) in [6.45, 7) is 11.1. The Morgan fingerprint density at radius 2 is 1.50 bits per heavy atom. The summed E-state index contributed by atoms with van der Waals surface area (Å²) in [4.78, 5) is 14.6. The van der Waals surface area contributed by atoms with Crippen LogP contribution >= 0.6 is 0 Å². The van der Waals surface area contributed by atoms with E-state index in [1.807, 2.05) is 0 Å². The van der Waals surface area contributed by atoms with Gasteiger partial charge in [0.25, 0.3) is 0 Å². The third-order valence-electron chi connectivity index (χ3n) is 6.80. The normalized spacial score (nSPS) is 22.9. The number of carbonyl (C=O) groups is 1. The van der Waals surface area contributed by atoms with Gasteiger partial charge in [0.2, 0.25) is 5.91 Å². The minimum Gasteiger partial charge on any atom is -0.338 e. The molecular weight excluding hydrogens is 358 g/mol. The van der Waals surface area contributed by atoms with Crippen molar-refractivity contribution in [2.24, 2.45) is 0 Å². The number of carbonyl (C=O) groups excluding carboxylic acids is 1. The zero-order valence-electron chi connectivity index (χ0n) is 18.1. The van der Waals surface area contributed by atoms with Gasteiger partial charge in [-0.25, -0.2) is 0 Å². The molecule has 150 valence electrons. The van der Waals surface area contributed by atoms with Gasteiger partial charge in [0.1, 0.15) is 0 Å². The Hall–Kier alpha value is -1.87. The number of hydrogen-bond donors (Lipinski definition) is 0. The van der Waals surface area contributed by atoms with Crippen LogP contribution in [0.1, 0.15) is 51.5 Å². The molecule has 0 radical (unpaired) electrons. The summed E-state index contributed by atoms with van der Waals surface area (Å²) in [6, 6.07) is 22.6. The van der Waals surface area contributed by atoms with E-state index in [0.717, 1.165) is 12.8 Å². The van der Waals surface area contributed by atoms with E-state index in [2.05, 4.69) is 92.5 Å². The highest BCUT2D eigenvalue weighted by molar-refractivity contribution is 6.91. The molecule has 0 saturated heterocycles. The molecule has 1 saturated carbocycles. The molecule has 1 unspecified atom stereocenters. The molecule has 2 aromatic carbocycles. The van der Waals surface area contributed by atoms with E-state index in [1.165, 1.54) is 17.2 Å². The maximum absolute atomic E-state index is 12.5. The fourth-order valence-electron chi connectivity index (χ4n) is 5.25. The van der Waals surface area contributed by atoms with Crippen LogP contribution in [0, 0.1) is 0 Å². The number of nitrogens with zero attached hydrogens (tertiary/aromatic N) is 1. The van der Waals surface area contributed by atoms with Crippen molar-refractivity contribution in [3.05, 3.63) is 66.2 Å². The predicted octanol–water partition coefficient (Wildman–Crippen LogP) is 5.57. The molecule has 1 aliphatic carbocycles. The van der Waals surface area contributed by atoms with Gasteiger partial charge in [-0.1, -0.05) is 78.9 Å². The Kier molecular flexibility index (Phi) is 6.44. The van der Waals surface area contributed by atoms with Crippen LogP contribution in [-0.2, 0) is 4.79 Å². The van der Waals surface area contributed by atoms with Crippen LogP contribution in [-0.4, -0.2) is 31.0 Å². The molecule has 28 heavy (non-hydrogen) atoms. The van der Waals surface area contributed by atoms with Crippen LogP contribution in [0.15, 0.2) is 60.7 Å². The van der Waals surface area contributed by atoms with Gasteiger partial charge in [-0.15, -0.1) is 0 Å². The molecule has 2 nitrogen and oxygen atoms in total. The lowest BCUT2D eigenvalue weighted by Crippen LogP contribution is -2.53. The molecule has 1 amide bonds. The highest BCUT2D eigenvalue weighted by Crippen LogP contribution is 2.45. The van der Waals surface area contributed by atoms with E-state index < -0.39 is 8.07 Å². The second kappa shape index (κ2) is 8.65.